The van der Waals surface area contributed by atoms with Gasteiger partial charge in [-0.3, -0.25) is 14.2 Å². The lowest BCUT2D eigenvalue weighted by atomic mass is 10.2. The normalized spacial score (nSPS) is 10.9. The smallest absolute Gasteiger partial charge is 0.262 e. The molecule has 7 heteroatoms. The molecule has 0 spiro atoms. The van der Waals surface area contributed by atoms with E-state index in [0.717, 1.165) is 10.0 Å². The highest BCUT2D eigenvalue weighted by atomic mass is 79.9. The van der Waals surface area contributed by atoms with E-state index in [9.17, 15) is 9.59 Å². The molecule has 3 rings (SSSR count). The van der Waals surface area contributed by atoms with E-state index in [2.05, 4.69) is 20.9 Å². The van der Waals surface area contributed by atoms with Crippen LogP contribution in [0.3, 0.4) is 0 Å². The first-order valence-corrected chi connectivity index (χ1v) is 8.63. The average Bonchev–Trinajstić information content (AvgIpc) is 3.01. The van der Waals surface area contributed by atoms with Gasteiger partial charge in [-0.2, -0.15) is 0 Å². The lowest BCUT2D eigenvalue weighted by Crippen LogP contribution is -2.33. The van der Waals surface area contributed by atoms with Crippen molar-refractivity contribution in [1.82, 2.24) is 14.5 Å². The minimum Gasteiger partial charge on any atom is -0.340 e. The number of hydrogen-bond acceptors (Lipinski definition) is 4. The molecule has 23 heavy (non-hydrogen) atoms. The molecule has 0 bridgehead atoms. The maximum atomic E-state index is 12.4. The van der Waals surface area contributed by atoms with Crippen LogP contribution >= 0.6 is 27.3 Å². The molecule has 0 aliphatic rings. The minimum absolute atomic E-state index is 0.0153. The first kappa shape index (κ1) is 15.9. The van der Waals surface area contributed by atoms with Gasteiger partial charge >= 0.3 is 0 Å². The van der Waals surface area contributed by atoms with Crippen LogP contribution in [-0.4, -0.2) is 27.4 Å². The first-order valence-electron chi connectivity index (χ1n) is 6.96. The molecule has 1 aromatic carbocycles. The zero-order valence-corrected chi connectivity index (χ0v) is 14.8. The molecule has 0 radical (unpaired) electrons. The molecule has 118 valence electrons. The Hall–Kier alpha value is -1.99. The summed E-state index contributed by atoms with van der Waals surface area (Å²) in [6.07, 6.45) is 1.44. The lowest BCUT2D eigenvalue weighted by molar-refractivity contribution is -0.131. The van der Waals surface area contributed by atoms with Crippen molar-refractivity contribution in [3.63, 3.8) is 0 Å². The topological polar surface area (TPSA) is 55.2 Å². The molecule has 0 unspecified atom stereocenters. The maximum Gasteiger partial charge on any atom is 0.262 e. The van der Waals surface area contributed by atoms with Crippen LogP contribution in [0.25, 0.3) is 10.2 Å². The van der Waals surface area contributed by atoms with Crippen LogP contribution in [0.15, 0.2) is 51.3 Å². The number of benzene rings is 1. The number of rotatable bonds is 4. The molecular formula is C16H14BrN3O2S. The van der Waals surface area contributed by atoms with Gasteiger partial charge in [0, 0.05) is 18.1 Å². The van der Waals surface area contributed by atoms with Gasteiger partial charge in [0.05, 0.1) is 11.7 Å². The summed E-state index contributed by atoms with van der Waals surface area (Å²) < 4.78 is 2.31. The second-order valence-corrected chi connectivity index (χ2v) is 6.91. The van der Waals surface area contributed by atoms with E-state index in [1.165, 1.54) is 22.2 Å². The molecule has 0 atom stereocenters. The molecular weight excluding hydrogens is 378 g/mol. The predicted molar refractivity (Wildman–Crippen MR) is 94.5 cm³/mol. The van der Waals surface area contributed by atoms with Crippen LogP contribution in [0.2, 0.25) is 0 Å². The van der Waals surface area contributed by atoms with Gasteiger partial charge in [0.2, 0.25) is 5.91 Å². The number of fused-ring (bicyclic) bond motifs is 1. The van der Waals surface area contributed by atoms with Crippen molar-refractivity contribution in [3.8, 4) is 0 Å². The van der Waals surface area contributed by atoms with Crippen molar-refractivity contribution in [3.05, 3.63) is 62.4 Å². The molecule has 2 aromatic heterocycles. The van der Waals surface area contributed by atoms with Gasteiger partial charge in [0.15, 0.2) is 0 Å². The van der Waals surface area contributed by atoms with E-state index in [1.807, 2.05) is 29.6 Å². The SMILES string of the molecule is CN(Cc1ccccc1Br)C(=O)Cn1cnc2sccc2c1=O. The molecule has 0 aliphatic heterocycles. The Labute approximate surface area is 145 Å². The summed E-state index contributed by atoms with van der Waals surface area (Å²) in [6.45, 7) is 0.460. The van der Waals surface area contributed by atoms with Crippen molar-refractivity contribution < 1.29 is 4.79 Å². The molecule has 0 saturated carbocycles. The van der Waals surface area contributed by atoms with Crippen LogP contribution in [-0.2, 0) is 17.9 Å². The molecule has 1 amide bonds. The van der Waals surface area contributed by atoms with Gasteiger partial charge in [0.25, 0.3) is 5.56 Å². The lowest BCUT2D eigenvalue weighted by Gasteiger charge is -2.18. The summed E-state index contributed by atoms with van der Waals surface area (Å²) in [5.41, 5.74) is 0.834. The fourth-order valence-corrected chi connectivity index (χ4v) is 3.38. The summed E-state index contributed by atoms with van der Waals surface area (Å²) >= 11 is 4.89. The van der Waals surface area contributed by atoms with Gasteiger partial charge < -0.3 is 4.90 Å². The quantitative estimate of drug-likeness (QED) is 0.686. The number of aromatic nitrogens is 2. The predicted octanol–water partition coefficient (Wildman–Crippen LogP) is 2.88. The highest BCUT2D eigenvalue weighted by Gasteiger charge is 2.13. The Morgan fingerprint density at radius 3 is 2.91 bits per heavy atom. The largest absolute Gasteiger partial charge is 0.340 e. The van der Waals surface area contributed by atoms with E-state index in [0.29, 0.717) is 16.8 Å². The maximum absolute atomic E-state index is 12.4. The van der Waals surface area contributed by atoms with Crippen molar-refractivity contribution in [2.45, 2.75) is 13.1 Å². The van der Waals surface area contributed by atoms with Gasteiger partial charge in [-0.15, -0.1) is 11.3 Å². The third-order valence-corrected chi connectivity index (χ3v) is 5.14. The monoisotopic (exact) mass is 391 g/mol. The number of hydrogen-bond donors (Lipinski definition) is 0. The van der Waals surface area contributed by atoms with Gasteiger partial charge in [-0.05, 0) is 23.1 Å². The van der Waals surface area contributed by atoms with Crippen molar-refractivity contribution in [2.24, 2.45) is 0 Å². The second kappa shape index (κ2) is 6.64. The Morgan fingerprint density at radius 2 is 2.13 bits per heavy atom. The molecule has 3 aromatic rings. The number of halogens is 1. The van der Waals surface area contributed by atoms with Crippen molar-refractivity contribution in [2.75, 3.05) is 7.05 Å². The standard InChI is InChI=1S/C16H14BrN3O2S/c1-19(8-11-4-2-3-5-13(11)17)14(21)9-20-10-18-15-12(16(20)22)6-7-23-15/h2-7,10H,8-9H2,1H3. The first-order chi connectivity index (χ1) is 11.1. The second-order valence-electron chi connectivity index (χ2n) is 5.16. The van der Waals surface area contributed by atoms with E-state index in [-0.39, 0.29) is 18.0 Å². The number of amides is 1. The van der Waals surface area contributed by atoms with Crippen LogP contribution in [0.1, 0.15) is 5.56 Å². The summed E-state index contributed by atoms with van der Waals surface area (Å²) in [5.74, 6) is -0.140. The fourth-order valence-electron chi connectivity index (χ4n) is 2.24. The number of nitrogens with zero attached hydrogens (tertiary/aromatic N) is 3. The van der Waals surface area contributed by atoms with Crippen LogP contribution < -0.4 is 5.56 Å². The summed E-state index contributed by atoms with van der Waals surface area (Å²) in [6, 6.07) is 9.49. The Bertz CT molecular complexity index is 919. The minimum atomic E-state index is -0.182. The summed E-state index contributed by atoms with van der Waals surface area (Å²) in [5, 5.41) is 2.38. The average molecular weight is 392 g/mol. The summed E-state index contributed by atoms with van der Waals surface area (Å²) in [7, 11) is 1.73. The molecule has 5 nitrogen and oxygen atoms in total. The number of carbonyl (C=O) groups is 1. The molecule has 0 saturated heterocycles. The van der Waals surface area contributed by atoms with Crippen molar-refractivity contribution >= 4 is 43.4 Å². The van der Waals surface area contributed by atoms with Crippen molar-refractivity contribution in [1.29, 1.82) is 0 Å². The van der Waals surface area contributed by atoms with Gasteiger partial charge in [0.1, 0.15) is 11.4 Å². The van der Waals surface area contributed by atoms with E-state index < -0.39 is 0 Å². The Balaban J connectivity index is 1.76. The third kappa shape index (κ3) is 3.35. The fraction of sp³-hybridized carbons (Fsp3) is 0.188. The van der Waals surface area contributed by atoms with E-state index in [4.69, 9.17) is 0 Å². The number of thiophene rings is 1. The van der Waals surface area contributed by atoms with Gasteiger partial charge in [-0.25, -0.2) is 4.98 Å². The van der Waals surface area contributed by atoms with Gasteiger partial charge in [-0.1, -0.05) is 34.1 Å². The summed E-state index contributed by atoms with van der Waals surface area (Å²) in [4.78, 5) is 31.2. The Kier molecular flexibility index (Phi) is 4.58. The molecule has 2 heterocycles. The van der Waals surface area contributed by atoms with Crippen LogP contribution in [0.4, 0.5) is 0 Å². The Morgan fingerprint density at radius 1 is 1.35 bits per heavy atom. The number of likely N-dealkylation sites (N-methyl/N-ethyl adjacent to an activating group) is 1. The van der Waals surface area contributed by atoms with E-state index in [1.54, 1.807) is 18.0 Å². The van der Waals surface area contributed by atoms with E-state index >= 15 is 0 Å². The van der Waals surface area contributed by atoms with Crippen LogP contribution in [0.5, 0.6) is 0 Å². The third-order valence-electron chi connectivity index (χ3n) is 3.55. The number of carbonyl (C=O) groups excluding carboxylic acids is 1. The highest BCUT2D eigenvalue weighted by Crippen LogP contribution is 2.17. The molecule has 0 aliphatic carbocycles. The zero-order valence-electron chi connectivity index (χ0n) is 12.4. The zero-order chi connectivity index (χ0) is 16.4. The molecule has 0 fully saturated rings. The van der Waals surface area contributed by atoms with Crippen LogP contribution in [0, 0.1) is 0 Å². The highest BCUT2D eigenvalue weighted by molar-refractivity contribution is 9.10. The molecule has 0 N–H and O–H groups in total.